The van der Waals surface area contributed by atoms with Crippen LogP contribution in [0.1, 0.15) is 35.0 Å². The summed E-state index contributed by atoms with van der Waals surface area (Å²) in [6.07, 6.45) is 6.65. The number of carboxylic acid groups (broad SMARTS) is 1. The van der Waals surface area contributed by atoms with Crippen LogP contribution in [0.5, 0.6) is 0 Å². The lowest BCUT2D eigenvalue weighted by Crippen LogP contribution is -2.34. The third kappa shape index (κ3) is 2.34. The van der Waals surface area contributed by atoms with Crippen LogP contribution >= 0.6 is 0 Å². The summed E-state index contributed by atoms with van der Waals surface area (Å²) in [5, 5.41) is 13.3. The van der Waals surface area contributed by atoms with E-state index in [-0.39, 0.29) is 5.69 Å². The molecule has 0 aliphatic carbocycles. The minimum atomic E-state index is -1.03. The molecule has 23 heavy (non-hydrogen) atoms. The van der Waals surface area contributed by atoms with Crippen LogP contribution in [0.2, 0.25) is 0 Å². The average Bonchev–Trinajstić information content (AvgIpc) is 3.25. The van der Waals surface area contributed by atoms with E-state index in [0.717, 1.165) is 43.0 Å². The van der Waals surface area contributed by atoms with Gasteiger partial charge in [-0.15, -0.1) is 0 Å². The summed E-state index contributed by atoms with van der Waals surface area (Å²) in [7, 11) is 0. The number of anilines is 1. The average molecular weight is 312 g/mol. The maximum atomic E-state index is 11.2. The van der Waals surface area contributed by atoms with Crippen LogP contribution in [-0.4, -0.2) is 38.8 Å². The molecule has 0 bridgehead atoms. The SMILES string of the molecule is O=C(O)c1cnc(N2CCC(c3ccco3)CC2)c2ccnn12. The quantitative estimate of drug-likeness (QED) is 0.799. The van der Waals surface area contributed by atoms with E-state index in [1.807, 2.05) is 12.1 Å². The third-order valence-electron chi connectivity index (χ3n) is 4.37. The van der Waals surface area contributed by atoms with Gasteiger partial charge in [0.05, 0.1) is 18.7 Å². The highest BCUT2D eigenvalue weighted by atomic mass is 16.4. The van der Waals surface area contributed by atoms with Gasteiger partial charge in [-0.1, -0.05) is 0 Å². The maximum absolute atomic E-state index is 11.2. The molecular weight excluding hydrogens is 296 g/mol. The van der Waals surface area contributed by atoms with E-state index >= 15 is 0 Å². The zero-order valence-corrected chi connectivity index (χ0v) is 12.4. The number of fused-ring (bicyclic) bond motifs is 1. The van der Waals surface area contributed by atoms with Crippen LogP contribution in [0.4, 0.5) is 5.82 Å². The number of aromatic nitrogens is 3. The van der Waals surface area contributed by atoms with E-state index in [9.17, 15) is 9.90 Å². The fourth-order valence-corrected chi connectivity index (χ4v) is 3.20. The summed E-state index contributed by atoms with van der Waals surface area (Å²) in [5.41, 5.74) is 0.792. The summed E-state index contributed by atoms with van der Waals surface area (Å²) in [6, 6.07) is 5.74. The minimum absolute atomic E-state index is 0.0687. The molecule has 1 saturated heterocycles. The van der Waals surface area contributed by atoms with E-state index < -0.39 is 5.97 Å². The summed E-state index contributed by atoms with van der Waals surface area (Å²) in [4.78, 5) is 17.8. The number of nitrogens with zero attached hydrogens (tertiary/aromatic N) is 4. The largest absolute Gasteiger partial charge is 0.476 e. The lowest BCUT2D eigenvalue weighted by atomic mass is 9.94. The van der Waals surface area contributed by atoms with E-state index in [4.69, 9.17) is 4.42 Å². The van der Waals surface area contributed by atoms with E-state index in [1.165, 1.54) is 10.7 Å². The summed E-state index contributed by atoms with van der Waals surface area (Å²) >= 11 is 0. The number of piperidine rings is 1. The third-order valence-corrected chi connectivity index (χ3v) is 4.37. The highest BCUT2D eigenvalue weighted by molar-refractivity contribution is 5.87. The number of aromatic carboxylic acids is 1. The van der Waals surface area contributed by atoms with Crippen LogP contribution in [0, 0.1) is 0 Å². The molecular formula is C16H16N4O3. The van der Waals surface area contributed by atoms with Gasteiger partial charge in [-0.2, -0.15) is 5.10 Å². The van der Waals surface area contributed by atoms with Crippen molar-refractivity contribution < 1.29 is 14.3 Å². The van der Waals surface area contributed by atoms with Crippen LogP contribution < -0.4 is 4.90 Å². The van der Waals surface area contributed by atoms with Crippen molar-refractivity contribution >= 4 is 17.3 Å². The van der Waals surface area contributed by atoms with Crippen LogP contribution in [0.25, 0.3) is 5.52 Å². The summed E-state index contributed by atoms with van der Waals surface area (Å²) in [5.74, 6) is 1.22. The Morgan fingerprint density at radius 1 is 1.30 bits per heavy atom. The van der Waals surface area contributed by atoms with Crippen molar-refractivity contribution in [3.8, 4) is 0 Å². The van der Waals surface area contributed by atoms with E-state index in [2.05, 4.69) is 15.0 Å². The van der Waals surface area contributed by atoms with Gasteiger partial charge in [0.1, 0.15) is 11.3 Å². The van der Waals surface area contributed by atoms with Gasteiger partial charge in [-0.05, 0) is 31.0 Å². The molecule has 1 aliphatic rings. The summed E-state index contributed by atoms with van der Waals surface area (Å²) in [6.45, 7) is 1.71. The summed E-state index contributed by atoms with van der Waals surface area (Å²) < 4.78 is 6.93. The molecule has 3 aromatic heterocycles. The Balaban J connectivity index is 1.60. The van der Waals surface area contributed by atoms with Gasteiger partial charge in [0, 0.05) is 19.0 Å². The first kappa shape index (κ1) is 13.8. The molecule has 0 spiro atoms. The van der Waals surface area contributed by atoms with Crippen molar-refractivity contribution in [1.29, 1.82) is 0 Å². The molecule has 118 valence electrons. The van der Waals surface area contributed by atoms with E-state index in [0.29, 0.717) is 5.92 Å². The van der Waals surface area contributed by atoms with Gasteiger partial charge >= 0.3 is 5.97 Å². The van der Waals surface area contributed by atoms with Gasteiger partial charge < -0.3 is 14.4 Å². The predicted octanol–water partition coefficient (Wildman–Crippen LogP) is 2.40. The Kier molecular flexibility index (Phi) is 3.25. The highest BCUT2D eigenvalue weighted by Gasteiger charge is 2.25. The fraction of sp³-hybridized carbons (Fsp3) is 0.312. The molecule has 4 heterocycles. The molecule has 0 atom stereocenters. The number of hydrogen-bond donors (Lipinski definition) is 1. The van der Waals surface area contributed by atoms with Crippen molar-refractivity contribution in [2.75, 3.05) is 18.0 Å². The van der Waals surface area contributed by atoms with Gasteiger partial charge in [0.2, 0.25) is 0 Å². The monoisotopic (exact) mass is 312 g/mol. The second kappa shape index (κ2) is 5.42. The Hall–Kier alpha value is -2.83. The lowest BCUT2D eigenvalue weighted by molar-refractivity contribution is 0.0687. The molecule has 0 amide bonds. The minimum Gasteiger partial charge on any atom is -0.476 e. The van der Waals surface area contributed by atoms with Gasteiger partial charge in [0.15, 0.2) is 11.5 Å². The molecule has 0 aromatic carbocycles. The molecule has 7 nitrogen and oxygen atoms in total. The molecule has 0 radical (unpaired) electrons. The first-order valence-corrected chi connectivity index (χ1v) is 7.58. The lowest BCUT2D eigenvalue weighted by Gasteiger charge is -2.32. The van der Waals surface area contributed by atoms with Crippen molar-refractivity contribution in [1.82, 2.24) is 14.6 Å². The Morgan fingerprint density at radius 3 is 2.83 bits per heavy atom. The van der Waals surface area contributed by atoms with Gasteiger partial charge in [0.25, 0.3) is 0 Å². The highest BCUT2D eigenvalue weighted by Crippen LogP contribution is 2.31. The van der Waals surface area contributed by atoms with Crippen LogP contribution in [0.3, 0.4) is 0 Å². The Morgan fingerprint density at radius 2 is 2.13 bits per heavy atom. The van der Waals surface area contributed by atoms with Crippen LogP contribution in [-0.2, 0) is 0 Å². The molecule has 4 rings (SSSR count). The molecule has 0 saturated carbocycles. The normalized spacial score (nSPS) is 16.1. The zero-order valence-electron chi connectivity index (χ0n) is 12.4. The van der Waals surface area contributed by atoms with Crippen molar-refractivity contribution in [3.05, 3.63) is 48.3 Å². The van der Waals surface area contributed by atoms with Crippen LogP contribution in [0.15, 0.2) is 41.3 Å². The smallest absolute Gasteiger partial charge is 0.356 e. The fourth-order valence-electron chi connectivity index (χ4n) is 3.20. The molecule has 1 aliphatic heterocycles. The molecule has 1 N–H and O–H groups in total. The molecule has 0 unspecified atom stereocenters. The number of carbonyl (C=O) groups is 1. The first-order chi connectivity index (χ1) is 11.2. The zero-order chi connectivity index (χ0) is 15.8. The van der Waals surface area contributed by atoms with Gasteiger partial charge in [-0.3, -0.25) is 0 Å². The molecule has 7 heteroatoms. The number of rotatable bonds is 3. The number of furan rings is 1. The Labute approximate surface area is 132 Å². The second-order valence-electron chi connectivity index (χ2n) is 5.68. The predicted molar refractivity (Wildman–Crippen MR) is 82.8 cm³/mol. The number of carboxylic acids is 1. The second-order valence-corrected chi connectivity index (χ2v) is 5.68. The van der Waals surface area contributed by atoms with E-state index in [1.54, 1.807) is 18.5 Å². The molecule has 3 aromatic rings. The maximum Gasteiger partial charge on any atom is 0.356 e. The standard InChI is InChI=1S/C16H16N4O3/c21-16(22)13-10-17-15(12-3-6-18-20(12)13)19-7-4-11(5-8-19)14-2-1-9-23-14/h1-3,6,9-11H,4-5,7-8H2,(H,21,22). The van der Waals surface area contributed by atoms with Crippen molar-refractivity contribution in [2.45, 2.75) is 18.8 Å². The van der Waals surface area contributed by atoms with Crippen molar-refractivity contribution in [2.24, 2.45) is 0 Å². The Bertz CT molecular complexity index is 832. The topological polar surface area (TPSA) is 83.9 Å². The first-order valence-electron chi connectivity index (χ1n) is 7.58. The molecule has 1 fully saturated rings. The van der Waals surface area contributed by atoms with Gasteiger partial charge in [-0.25, -0.2) is 14.3 Å². The van der Waals surface area contributed by atoms with Crippen molar-refractivity contribution in [3.63, 3.8) is 0 Å². The number of hydrogen-bond acceptors (Lipinski definition) is 5.